The Hall–Kier alpha value is -4.42. The Morgan fingerprint density at radius 1 is 0.467 bits per heavy atom. The van der Waals surface area contributed by atoms with Gasteiger partial charge in [-0.3, -0.25) is 19.9 Å². The third-order valence-corrected chi connectivity index (χ3v) is 5.09. The predicted octanol–water partition coefficient (Wildman–Crippen LogP) is 3.59. The minimum Gasteiger partial charge on any atom is -0.259 e. The lowest BCUT2D eigenvalue weighted by atomic mass is 9.57. The summed E-state index contributed by atoms with van der Waals surface area (Å²) in [7, 11) is 0. The zero-order chi connectivity index (χ0) is 20.9. The number of aromatic nitrogens is 4. The quantitative estimate of drug-likeness (QED) is 0.518. The van der Waals surface area contributed by atoms with Crippen LogP contribution in [0.1, 0.15) is 22.8 Å². The molecule has 0 radical (unpaired) electrons. The zero-order valence-corrected chi connectivity index (χ0v) is 15.9. The highest BCUT2D eigenvalue weighted by molar-refractivity contribution is 5.58. The Kier molecular flexibility index (Phi) is 4.99. The van der Waals surface area contributed by atoms with Crippen LogP contribution in [0, 0.1) is 22.7 Å². The number of nitrogens with zero attached hydrogens (tertiary/aromatic N) is 6. The van der Waals surface area contributed by atoms with Crippen molar-refractivity contribution in [3.05, 3.63) is 120 Å². The van der Waals surface area contributed by atoms with Crippen molar-refractivity contribution < 1.29 is 0 Å². The summed E-state index contributed by atoms with van der Waals surface area (Å²) in [6.07, 6.45) is 6.40. The molecule has 0 aliphatic heterocycles. The summed E-state index contributed by atoms with van der Waals surface area (Å²) in [6.45, 7) is 0. The molecule has 0 saturated carbocycles. The van der Waals surface area contributed by atoms with E-state index < -0.39 is 10.8 Å². The van der Waals surface area contributed by atoms with Crippen molar-refractivity contribution >= 4 is 0 Å². The Bertz CT molecular complexity index is 1020. The molecule has 0 N–H and O–H groups in total. The maximum absolute atomic E-state index is 10.7. The number of hydrogen-bond acceptors (Lipinski definition) is 6. The molecule has 142 valence electrons. The maximum Gasteiger partial charge on any atom is 0.171 e. The van der Waals surface area contributed by atoms with Crippen molar-refractivity contribution in [2.45, 2.75) is 10.8 Å². The Balaban J connectivity index is 2.21. The van der Waals surface area contributed by atoms with Gasteiger partial charge in [-0.25, -0.2) is 0 Å². The van der Waals surface area contributed by atoms with E-state index in [0.29, 0.717) is 22.8 Å². The van der Waals surface area contributed by atoms with Gasteiger partial charge in [-0.15, -0.1) is 0 Å². The predicted molar refractivity (Wildman–Crippen MR) is 110 cm³/mol. The molecule has 0 aromatic carbocycles. The van der Waals surface area contributed by atoms with E-state index in [1.54, 1.807) is 97.6 Å². The lowest BCUT2D eigenvalue weighted by Crippen LogP contribution is -2.51. The molecule has 0 bridgehead atoms. The Labute approximate surface area is 174 Å². The van der Waals surface area contributed by atoms with Crippen molar-refractivity contribution in [1.82, 2.24) is 19.9 Å². The summed E-state index contributed by atoms with van der Waals surface area (Å²) in [6, 6.07) is 26.0. The second-order valence-corrected chi connectivity index (χ2v) is 6.58. The van der Waals surface area contributed by atoms with Gasteiger partial charge in [0.05, 0.1) is 34.9 Å². The van der Waals surface area contributed by atoms with E-state index in [2.05, 4.69) is 32.1 Å². The van der Waals surface area contributed by atoms with Gasteiger partial charge >= 0.3 is 0 Å². The molecule has 6 heteroatoms. The van der Waals surface area contributed by atoms with Crippen LogP contribution in [0.5, 0.6) is 0 Å². The number of pyridine rings is 4. The van der Waals surface area contributed by atoms with Crippen LogP contribution >= 0.6 is 0 Å². The maximum atomic E-state index is 10.7. The third kappa shape index (κ3) is 2.71. The first kappa shape index (κ1) is 18.9. The SMILES string of the molecule is N#CC(c1ccccn1)(c1ccccn1)C(C#N)(c1ccccn1)c1ccccn1. The first-order valence-corrected chi connectivity index (χ1v) is 9.28. The molecule has 0 aliphatic rings. The Morgan fingerprint density at radius 2 is 0.733 bits per heavy atom. The van der Waals surface area contributed by atoms with Crippen LogP contribution in [-0.2, 0) is 10.8 Å². The lowest BCUT2D eigenvalue weighted by molar-refractivity contribution is 0.428. The van der Waals surface area contributed by atoms with Crippen molar-refractivity contribution in [3.63, 3.8) is 0 Å². The van der Waals surface area contributed by atoms with Gasteiger partial charge in [0, 0.05) is 24.8 Å². The van der Waals surface area contributed by atoms with Gasteiger partial charge in [0.1, 0.15) is 0 Å². The van der Waals surface area contributed by atoms with Gasteiger partial charge in [-0.1, -0.05) is 24.3 Å². The summed E-state index contributed by atoms with van der Waals surface area (Å²) in [5.74, 6) is 0. The minimum atomic E-state index is -1.60. The fourth-order valence-corrected chi connectivity index (χ4v) is 3.77. The molecule has 4 rings (SSSR count). The van der Waals surface area contributed by atoms with Gasteiger partial charge in [0.15, 0.2) is 10.8 Å². The topological polar surface area (TPSA) is 99.1 Å². The molecule has 0 unspecified atom stereocenters. The van der Waals surface area contributed by atoms with Crippen molar-refractivity contribution in [2.24, 2.45) is 0 Å². The molecule has 0 fully saturated rings. The summed E-state index contributed by atoms with van der Waals surface area (Å²) in [4.78, 5) is 18.0. The molecule has 0 atom stereocenters. The molecular weight excluding hydrogens is 372 g/mol. The largest absolute Gasteiger partial charge is 0.259 e. The summed E-state index contributed by atoms with van der Waals surface area (Å²) in [5, 5.41) is 21.5. The van der Waals surface area contributed by atoms with Gasteiger partial charge in [0.25, 0.3) is 0 Å². The van der Waals surface area contributed by atoms with Crippen molar-refractivity contribution in [3.8, 4) is 12.1 Å². The molecular formula is C24H16N6. The van der Waals surface area contributed by atoms with Crippen molar-refractivity contribution in [1.29, 1.82) is 10.5 Å². The van der Waals surface area contributed by atoms with E-state index in [0.717, 1.165) is 0 Å². The van der Waals surface area contributed by atoms with Crippen LogP contribution in [-0.4, -0.2) is 19.9 Å². The van der Waals surface area contributed by atoms with E-state index in [-0.39, 0.29) is 0 Å². The monoisotopic (exact) mass is 388 g/mol. The molecule has 6 nitrogen and oxygen atoms in total. The van der Waals surface area contributed by atoms with Crippen LogP contribution in [0.25, 0.3) is 0 Å². The average molecular weight is 388 g/mol. The molecule has 30 heavy (non-hydrogen) atoms. The van der Waals surface area contributed by atoms with Crippen LogP contribution in [0.2, 0.25) is 0 Å². The molecule has 0 saturated heterocycles. The van der Waals surface area contributed by atoms with Crippen molar-refractivity contribution in [2.75, 3.05) is 0 Å². The highest BCUT2D eigenvalue weighted by Gasteiger charge is 2.61. The highest BCUT2D eigenvalue weighted by Crippen LogP contribution is 2.50. The smallest absolute Gasteiger partial charge is 0.171 e. The number of rotatable bonds is 5. The van der Waals surface area contributed by atoms with E-state index in [1.807, 2.05) is 0 Å². The zero-order valence-electron chi connectivity index (χ0n) is 15.9. The summed E-state index contributed by atoms with van der Waals surface area (Å²) >= 11 is 0. The van der Waals surface area contributed by atoms with Crippen LogP contribution in [0.4, 0.5) is 0 Å². The van der Waals surface area contributed by atoms with Crippen LogP contribution in [0.15, 0.2) is 97.6 Å². The van der Waals surface area contributed by atoms with Crippen LogP contribution in [0.3, 0.4) is 0 Å². The number of nitriles is 2. The lowest BCUT2D eigenvalue weighted by Gasteiger charge is -2.40. The highest BCUT2D eigenvalue weighted by atomic mass is 14.9. The van der Waals surface area contributed by atoms with E-state index in [4.69, 9.17) is 0 Å². The van der Waals surface area contributed by atoms with E-state index in [9.17, 15) is 10.5 Å². The van der Waals surface area contributed by atoms with Gasteiger partial charge in [-0.2, -0.15) is 10.5 Å². The normalized spacial score (nSPS) is 11.3. The molecule has 0 spiro atoms. The van der Waals surface area contributed by atoms with Gasteiger partial charge < -0.3 is 0 Å². The second kappa shape index (κ2) is 7.90. The Morgan fingerprint density at radius 3 is 0.900 bits per heavy atom. The van der Waals surface area contributed by atoms with E-state index >= 15 is 0 Å². The van der Waals surface area contributed by atoms with Gasteiger partial charge in [-0.05, 0) is 48.5 Å². The molecule has 0 aliphatic carbocycles. The molecule has 4 aromatic rings. The molecule has 4 heterocycles. The standard InChI is InChI=1S/C24H16N6/c25-17-23(19-9-1-5-13-27-19,20-10-2-6-14-28-20)24(18-26,21-11-3-7-15-29-21)22-12-4-8-16-30-22/h1-16H. The third-order valence-electron chi connectivity index (χ3n) is 5.09. The summed E-state index contributed by atoms with van der Waals surface area (Å²) in [5.41, 5.74) is -1.64. The molecule has 4 aromatic heterocycles. The first-order valence-electron chi connectivity index (χ1n) is 9.28. The fraction of sp³-hybridized carbons (Fsp3) is 0.0833. The fourth-order valence-electron chi connectivity index (χ4n) is 3.77. The van der Waals surface area contributed by atoms with E-state index in [1.165, 1.54) is 0 Å². The minimum absolute atomic E-state index is 0.393. The summed E-state index contributed by atoms with van der Waals surface area (Å²) < 4.78 is 0. The second-order valence-electron chi connectivity index (χ2n) is 6.58. The first-order chi connectivity index (χ1) is 14.8. The van der Waals surface area contributed by atoms with Gasteiger partial charge in [0.2, 0.25) is 0 Å². The molecule has 0 amide bonds. The average Bonchev–Trinajstić information content (AvgIpc) is 2.85. The number of hydrogen-bond donors (Lipinski definition) is 0. The van der Waals surface area contributed by atoms with Crippen LogP contribution < -0.4 is 0 Å².